The lowest BCUT2D eigenvalue weighted by Crippen LogP contribution is -2.02. The van der Waals surface area contributed by atoms with E-state index in [1.165, 1.54) is 18.3 Å². The molecular weight excluding hydrogens is 409 g/mol. The van der Waals surface area contributed by atoms with Gasteiger partial charge in [0, 0.05) is 17.8 Å². The summed E-state index contributed by atoms with van der Waals surface area (Å²) >= 11 is 7.58. The number of ether oxygens (including phenoxy) is 1. The molecule has 106 valence electrons. The van der Waals surface area contributed by atoms with Gasteiger partial charge in [-0.05, 0) is 34.7 Å². The molecule has 0 amide bonds. The lowest BCUT2D eigenvalue weighted by atomic mass is 10.2. The van der Waals surface area contributed by atoms with Gasteiger partial charge < -0.3 is 4.74 Å². The van der Waals surface area contributed by atoms with E-state index in [1.54, 1.807) is 12.1 Å². The van der Waals surface area contributed by atoms with Gasteiger partial charge >= 0.3 is 5.69 Å². The van der Waals surface area contributed by atoms with E-state index in [2.05, 4.69) is 4.98 Å². The summed E-state index contributed by atoms with van der Waals surface area (Å²) in [4.78, 5) is 14.4. The fraction of sp³-hybridized carbons (Fsp3) is 0.0769. The van der Waals surface area contributed by atoms with Crippen molar-refractivity contribution in [1.29, 1.82) is 5.26 Å². The van der Waals surface area contributed by atoms with Crippen LogP contribution in [0, 0.1) is 25.0 Å². The van der Waals surface area contributed by atoms with Crippen molar-refractivity contribution in [1.82, 2.24) is 4.98 Å². The van der Waals surface area contributed by atoms with Gasteiger partial charge in [0.2, 0.25) is 5.75 Å². The molecule has 0 saturated carbocycles. The Bertz CT molecular complexity index is 729. The standard InChI is InChI=1S/C13H7ClIN3O3/c14-12-2-1-8(6-17-12)7-21-13-10(15)3-9(5-16)4-11(13)18(19)20/h1-4,6H,7H2. The number of benzene rings is 1. The topological polar surface area (TPSA) is 89.0 Å². The lowest BCUT2D eigenvalue weighted by molar-refractivity contribution is -0.386. The third-order valence-corrected chi connectivity index (χ3v) is 3.55. The molecule has 1 aromatic heterocycles. The first-order valence-electron chi connectivity index (χ1n) is 5.62. The Morgan fingerprint density at radius 1 is 1.48 bits per heavy atom. The number of aromatic nitrogens is 1. The Labute approximate surface area is 138 Å². The van der Waals surface area contributed by atoms with Crippen LogP contribution in [-0.2, 0) is 6.61 Å². The van der Waals surface area contributed by atoms with Gasteiger partial charge in [-0.2, -0.15) is 5.26 Å². The Morgan fingerprint density at radius 3 is 2.81 bits per heavy atom. The first kappa shape index (κ1) is 15.5. The summed E-state index contributed by atoms with van der Waals surface area (Å²) in [7, 11) is 0. The third-order valence-electron chi connectivity index (χ3n) is 2.52. The monoisotopic (exact) mass is 415 g/mol. The van der Waals surface area contributed by atoms with Gasteiger partial charge in [0.25, 0.3) is 0 Å². The molecule has 0 fully saturated rings. The average molecular weight is 416 g/mol. The Morgan fingerprint density at radius 2 is 2.24 bits per heavy atom. The Hall–Kier alpha value is -1.92. The van der Waals surface area contributed by atoms with E-state index >= 15 is 0 Å². The second-order valence-electron chi connectivity index (χ2n) is 3.95. The molecule has 0 aliphatic rings. The summed E-state index contributed by atoms with van der Waals surface area (Å²) in [6, 6.07) is 7.93. The molecule has 0 unspecified atom stereocenters. The molecule has 6 nitrogen and oxygen atoms in total. The van der Waals surface area contributed by atoms with Crippen LogP contribution < -0.4 is 4.74 Å². The maximum absolute atomic E-state index is 11.1. The van der Waals surface area contributed by atoms with E-state index in [1.807, 2.05) is 28.7 Å². The van der Waals surface area contributed by atoms with Crippen molar-refractivity contribution in [2.45, 2.75) is 6.61 Å². The van der Waals surface area contributed by atoms with Crippen molar-refractivity contribution in [3.63, 3.8) is 0 Å². The second-order valence-corrected chi connectivity index (χ2v) is 5.50. The van der Waals surface area contributed by atoms with Gasteiger partial charge in [-0.3, -0.25) is 10.1 Å². The van der Waals surface area contributed by atoms with Crippen LogP contribution in [0.25, 0.3) is 0 Å². The van der Waals surface area contributed by atoms with E-state index in [0.717, 1.165) is 5.56 Å². The van der Waals surface area contributed by atoms with Crippen LogP contribution in [-0.4, -0.2) is 9.91 Å². The number of nitro benzene ring substituents is 1. The second kappa shape index (κ2) is 6.69. The first-order valence-corrected chi connectivity index (χ1v) is 7.08. The zero-order valence-electron chi connectivity index (χ0n) is 10.4. The zero-order chi connectivity index (χ0) is 15.4. The Balaban J connectivity index is 2.29. The first-order chi connectivity index (χ1) is 10.0. The summed E-state index contributed by atoms with van der Waals surface area (Å²) in [5.41, 5.74) is 0.709. The van der Waals surface area contributed by atoms with E-state index in [0.29, 0.717) is 8.72 Å². The molecule has 0 aliphatic heterocycles. The number of halogens is 2. The fourth-order valence-corrected chi connectivity index (χ4v) is 2.45. The maximum Gasteiger partial charge on any atom is 0.313 e. The van der Waals surface area contributed by atoms with E-state index < -0.39 is 4.92 Å². The molecule has 8 heteroatoms. The van der Waals surface area contributed by atoms with E-state index in [4.69, 9.17) is 21.6 Å². The van der Waals surface area contributed by atoms with Crippen LogP contribution in [0.3, 0.4) is 0 Å². The zero-order valence-corrected chi connectivity index (χ0v) is 13.3. The summed E-state index contributed by atoms with van der Waals surface area (Å²) in [6.07, 6.45) is 1.53. The van der Waals surface area contributed by atoms with Gasteiger partial charge in [0.1, 0.15) is 11.8 Å². The molecule has 0 radical (unpaired) electrons. The average Bonchev–Trinajstić information content (AvgIpc) is 2.46. The van der Waals surface area contributed by atoms with Crippen molar-refractivity contribution >= 4 is 39.9 Å². The quantitative estimate of drug-likeness (QED) is 0.329. The third kappa shape index (κ3) is 3.80. The van der Waals surface area contributed by atoms with Crippen LogP contribution in [0.4, 0.5) is 5.69 Å². The highest BCUT2D eigenvalue weighted by Gasteiger charge is 2.20. The highest BCUT2D eigenvalue weighted by molar-refractivity contribution is 14.1. The van der Waals surface area contributed by atoms with Gasteiger partial charge in [-0.1, -0.05) is 17.7 Å². The largest absolute Gasteiger partial charge is 0.481 e. The van der Waals surface area contributed by atoms with Crippen LogP contribution in [0.1, 0.15) is 11.1 Å². The molecule has 1 aromatic carbocycles. The molecule has 0 saturated heterocycles. The molecule has 2 rings (SSSR count). The van der Waals surface area contributed by atoms with Crippen LogP contribution in [0.5, 0.6) is 5.75 Å². The van der Waals surface area contributed by atoms with Crippen LogP contribution in [0.15, 0.2) is 30.5 Å². The highest BCUT2D eigenvalue weighted by Crippen LogP contribution is 2.34. The molecule has 21 heavy (non-hydrogen) atoms. The normalized spacial score (nSPS) is 9.95. The predicted molar refractivity (Wildman–Crippen MR) is 84.1 cm³/mol. The minimum absolute atomic E-state index is 0.118. The van der Waals surface area contributed by atoms with Crippen LogP contribution >= 0.6 is 34.2 Å². The number of rotatable bonds is 4. The smallest absolute Gasteiger partial charge is 0.313 e. The van der Waals surface area contributed by atoms with Gasteiger partial charge in [-0.15, -0.1) is 0 Å². The van der Waals surface area contributed by atoms with E-state index in [9.17, 15) is 10.1 Å². The highest BCUT2D eigenvalue weighted by atomic mass is 127. The van der Waals surface area contributed by atoms with Crippen molar-refractivity contribution in [2.75, 3.05) is 0 Å². The van der Waals surface area contributed by atoms with Crippen molar-refractivity contribution in [3.05, 3.63) is 60.4 Å². The minimum atomic E-state index is -0.571. The minimum Gasteiger partial charge on any atom is -0.481 e. The molecule has 1 heterocycles. The lowest BCUT2D eigenvalue weighted by Gasteiger charge is -2.09. The molecule has 0 bridgehead atoms. The summed E-state index contributed by atoms with van der Waals surface area (Å²) in [6.45, 7) is 0.118. The number of nitro groups is 1. The number of hydrogen-bond donors (Lipinski definition) is 0. The van der Waals surface area contributed by atoms with Crippen molar-refractivity contribution in [3.8, 4) is 11.8 Å². The van der Waals surface area contributed by atoms with Gasteiger partial charge in [0.05, 0.1) is 20.1 Å². The molecule has 0 spiro atoms. The fourth-order valence-electron chi connectivity index (χ4n) is 1.57. The summed E-state index contributed by atoms with van der Waals surface area (Å²) in [5.74, 6) is 0.134. The number of pyridine rings is 1. The van der Waals surface area contributed by atoms with Crippen LogP contribution in [0.2, 0.25) is 5.15 Å². The number of nitrogens with zero attached hydrogens (tertiary/aromatic N) is 3. The van der Waals surface area contributed by atoms with E-state index in [-0.39, 0.29) is 23.6 Å². The molecule has 0 atom stereocenters. The number of hydrogen-bond acceptors (Lipinski definition) is 5. The van der Waals surface area contributed by atoms with Crippen molar-refractivity contribution in [2.24, 2.45) is 0 Å². The molecule has 0 N–H and O–H groups in total. The summed E-state index contributed by atoms with van der Waals surface area (Å²) in [5, 5.41) is 20.3. The summed E-state index contributed by atoms with van der Waals surface area (Å²) < 4.78 is 6.01. The van der Waals surface area contributed by atoms with Crippen molar-refractivity contribution < 1.29 is 9.66 Å². The predicted octanol–water partition coefficient (Wildman–Crippen LogP) is 3.70. The molecular formula is C13H7ClIN3O3. The molecule has 2 aromatic rings. The maximum atomic E-state index is 11.1. The van der Waals surface area contributed by atoms with Gasteiger partial charge in [-0.25, -0.2) is 4.98 Å². The van der Waals surface area contributed by atoms with Gasteiger partial charge in [0.15, 0.2) is 0 Å². The SMILES string of the molecule is N#Cc1cc(I)c(OCc2ccc(Cl)nc2)c([N+](=O)[O-])c1. The Kier molecular flexibility index (Phi) is 4.93. The number of nitriles is 1. The molecule has 0 aliphatic carbocycles.